The van der Waals surface area contributed by atoms with Crippen LogP contribution in [0.1, 0.15) is 44.0 Å². The van der Waals surface area contributed by atoms with Crippen LogP contribution in [-0.2, 0) is 34.6 Å². The van der Waals surface area contributed by atoms with E-state index in [4.69, 9.17) is 9.84 Å². The highest BCUT2D eigenvalue weighted by Gasteiger charge is 2.65. The van der Waals surface area contributed by atoms with Gasteiger partial charge in [0, 0.05) is 46.7 Å². The third-order valence-corrected chi connectivity index (χ3v) is 8.44. The molecule has 2 aromatic carbocycles. The van der Waals surface area contributed by atoms with E-state index in [0.29, 0.717) is 31.6 Å². The Labute approximate surface area is 230 Å². The molecule has 1 aromatic heterocycles. The Morgan fingerprint density at radius 1 is 1.19 bits per heavy atom. The van der Waals surface area contributed by atoms with Gasteiger partial charge in [-0.2, -0.15) is 0 Å². The molecule has 196 valence electrons. The highest BCUT2D eigenvalue weighted by atomic mass is 127. The second-order valence-corrected chi connectivity index (χ2v) is 11.8. The van der Waals surface area contributed by atoms with Crippen LogP contribution in [0.2, 0.25) is 0 Å². The monoisotopic (exact) mass is 618 g/mol. The fourth-order valence-electron chi connectivity index (χ4n) is 6.14. The molecule has 4 atom stereocenters. The number of rotatable bonds is 8. The van der Waals surface area contributed by atoms with Gasteiger partial charge in [0.15, 0.2) is 5.60 Å². The molecule has 1 saturated heterocycles. The molecule has 1 N–H and O–H groups in total. The minimum absolute atomic E-state index is 0.00279. The van der Waals surface area contributed by atoms with Crippen molar-refractivity contribution in [3.8, 4) is 0 Å². The Bertz CT molecular complexity index is 1270. The highest BCUT2D eigenvalue weighted by molar-refractivity contribution is 14.1. The van der Waals surface area contributed by atoms with E-state index in [-0.39, 0.29) is 18.4 Å². The van der Waals surface area contributed by atoms with Crippen molar-refractivity contribution in [1.82, 2.24) is 15.0 Å². The summed E-state index contributed by atoms with van der Waals surface area (Å²) in [7, 11) is 0. The molecule has 0 radical (unpaired) electrons. The predicted octanol–water partition coefficient (Wildman–Crippen LogP) is 4.65. The summed E-state index contributed by atoms with van der Waals surface area (Å²) in [5.74, 6) is -1.01. The molecule has 0 aliphatic carbocycles. The summed E-state index contributed by atoms with van der Waals surface area (Å²) in [6, 6.07) is 15.9. The van der Waals surface area contributed by atoms with E-state index in [1.54, 1.807) is 29.6 Å². The Balaban J connectivity index is 1.47. The van der Waals surface area contributed by atoms with Crippen molar-refractivity contribution in [3.05, 3.63) is 75.1 Å². The standard InChI is InChI=1S/C28H32FIN4O3/c1-18-25(27(2,3)29)24(12-14-33-17-21(13-15-35)31-32-33)37-28(18)22-6-4-5-7-23(22)34(26(28)36)16-19-8-10-20(30)11-9-19/h4-11,17-18,24-25,35H,12-16H2,1-3H3/t18-,24+,25-,28+/m0/s1. The number of benzene rings is 2. The summed E-state index contributed by atoms with van der Waals surface area (Å²) in [5, 5.41) is 17.4. The zero-order chi connectivity index (χ0) is 26.4. The molecule has 3 aromatic rings. The normalized spacial score (nSPS) is 25.3. The largest absolute Gasteiger partial charge is 0.396 e. The smallest absolute Gasteiger partial charge is 0.264 e. The molecule has 2 aliphatic heterocycles. The van der Waals surface area contributed by atoms with E-state index in [0.717, 1.165) is 20.4 Å². The molecule has 7 nitrogen and oxygen atoms in total. The molecule has 1 fully saturated rings. The molecular formula is C28H32FIN4O3. The fraction of sp³-hybridized carbons (Fsp3) is 0.464. The lowest BCUT2D eigenvalue weighted by atomic mass is 9.71. The number of alkyl halides is 1. The predicted molar refractivity (Wildman–Crippen MR) is 147 cm³/mol. The number of nitrogens with zero attached hydrogens (tertiary/aromatic N) is 4. The van der Waals surface area contributed by atoms with Crippen LogP contribution in [-0.4, -0.2) is 44.4 Å². The molecule has 0 saturated carbocycles. The third-order valence-electron chi connectivity index (χ3n) is 7.72. The van der Waals surface area contributed by atoms with Crippen LogP contribution in [0, 0.1) is 15.4 Å². The summed E-state index contributed by atoms with van der Waals surface area (Å²) < 4.78 is 25.3. The number of hydrogen-bond donors (Lipinski definition) is 1. The first kappa shape index (κ1) is 26.2. The first-order valence-electron chi connectivity index (χ1n) is 12.7. The summed E-state index contributed by atoms with van der Waals surface area (Å²) in [4.78, 5) is 16.1. The molecule has 3 heterocycles. The van der Waals surface area contributed by atoms with Gasteiger partial charge in [-0.05, 0) is 66.6 Å². The minimum Gasteiger partial charge on any atom is -0.396 e. The Kier molecular flexibility index (Phi) is 7.14. The number of carbonyl (C=O) groups excluding carboxylic acids is 1. The Hall–Kier alpha value is -2.37. The average Bonchev–Trinajstić information content (AvgIpc) is 3.50. The number of aliphatic hydroxyl groups excluding tert-OH is 1. The van der Waals surface area contributed by atoms with E-state index in [2.05, 4.69) is 32.9 Å². The fourth-order valence-corrected chi connectivity index (χ4v) is 6.50. The van der Waals surface area contributed by atoms with Gasteiger partial charge in [0.05, 0.1) is 24.0 Å². The van der Waals surface area contributed by atoms with Gasteiger partial charge >= 0.3 is 0 Å². The number of anilines is 1. The summed E-state index contributed by atoms with van der Waals surface area (Å²) in [6.07, 6.45) is 2.22. The molecule has 0 unspecified atom stereocenters. The van der Waals surface area contributed by atoms with Crippen LogP contribution in [0.15, 0.2) is 54.7 Å². The lowest BCUT2D eigenvalue weighted by Crippen LogP contribution is -2.45. The van der Waals surface area contributed by atoms with Crippen molar-refractivity contribution >= 4 is 34.2 Å². The van der Waals surface area contributed by atoms with Crippen molar-refractivity contribution < 1.29 is 19.0 Å². The molecule has 0 bridgehead atoms. The lowest BCUT2D eigenvalue weighted by molar-refractivity contribution is -0.146. The number of carbonyl (C=O) groups is 1. The SMILES string of the molecule is C[C@H]1[C@H](C(C)(C)F)[C@@H](CCn2cc(CCO)nn2)O[C@]12C(=O)N(Cc1ccc(I)cc1)c1ccccc12. The minimum atomic E-state index is -1.56. The van der Waals surface area contributed by atoms with Gasteiger partial charge in [-0.25, -0.2) is 4.39 Å². The van der Waals surface area contributed by atoms with Crippen molar-refractivity contribution in [2.45, 2.75) is 64.1 Å². The maximum absolute atomic E-state index is 15.8. The van der Waals surface area contributed by atoms with E-state index >= 15 is 4.39 Å². The summed E-state index contributed by atoms with van der Waals surface area (Å²) >= 11 is 2.27. The number of aryl methyl sites for hydroxylation is 1. The number of aliphatic hydroxyl groups is 1. The van der Waals surface area contributed by atoms with Gasteiger partial charge in [-0.15, -0.1) is 5.10 Å². The maximum atomic E-state index is 15.8. The summed E-state index contributed by atoms with van der Waals surface area (Å²) in [6.45, 7) is 6.00. The van der Waals surface area contributed by atoms with Crippen LogP contribution < -0.4 is 4.90 Å². The van der Waals surface area contributed by atoms with Gasteiger partial charge in [-0.3, -0.25) is 9.48 Å². The number of amides is 1. The quantitative estimate of drug-likeness (QED) is 0.372. The Morgan fingerprint density at radius 2 is 1.92 bits per heavy atom. The number of para-hydroxylation sites is 1. The van der Waals surface area contributed by atoms with Crippen LogP contribution in [0.25, 0.3) is 0 Å². The lowest BCUT2D eigenvalue weighted by Gasteiger charge is -2.32. The van der Waals surface area contributed by atoms with Gasteiger partial charge in [-0.1, -0.05) is 42.5 Å². The topological polar surface area (TPSA) is 80.5 Å². The summed E-state index contributed by atoms with van der Waals surface area (Å²) in [5.41, 5.74) is 0.544. The average molecular weight is 618 g/mol. The zero-order valence-corrected chi connectivity index (χ0v) is 23.4. The van der Waals surface area contributed by atoms with Crippen LogP contribution in [0.4, 0.5) is 10.1 Å². The molecule has 5 rings (SSSR count). The van der Waals surface area contributed by atoms with E-state index in [1.807, 2.05) is 55.5 Å². The van der Waals surface area contributed by atoms with Crippen molar-refractivity contribution in [2.24, 2.45) is 11.8 Å². The molecule has 1 amide bonds. The van der Waals surface area contributed by atoms with Gasteiger partial charge in [0.1, 0.15) is 5.67 Å². The van der Waals surface area contributed by atoms with Crippen LogP contribution in [0.3, 0.4) is 0 Å². The second-order valence-electron chi connectivity index (χ2n) is 10.5. The van der Waals surface area contributed by atoms with Gasteiger partial charge < -0.3 is 14.7 Å². The molecule has 37 heavy (non-hydrogen) atoms. The molecular weight excluding hydrogens is 586 g/mol. The first-order valence-corrected chi connectivity index (χ1v) is 13.8. The van der Waals surface area contributed by atoms with Crippen molar-refractivity contribution in [1.29, 1.82) is 0 Å². The Morgan fingerprint density at radius 3 is 2.62 bits per heavy atom. The van der Waals surface area contributed by atoms with E-state index in [9.17, 15) is 4.79 Å². The van der Waals surface area contributed by atoms with Crippen molar-refractivity contribution in [3.63, 3.8) is 0 Å². The molecule has 2 aliphatic rings. The number of halogens is 2. The molecule has 9 heteroatoms. The van der Waals surface area contributed by atoms with Crippen molar-refractivity contribution in [2.75, 3.05) is 11.5 Å². The zero-order valence-electron chi connectivity index (χ0n) is 21.3. The number of ether oxygens (including phenoxy) is 1. The van der Waals surface area contributed by atoms with Crippen LogP contribution in [0.5, 0.6) is 0 Å². The maximum Gasteiger partial charge on any atom is 0.264 e. The van der Waals surface area contributed by atoms with Gasteiger partial charge in [0.2, 0.25) is 0 Å². The number of fused-ring (bicyclic) bond motifs is 2. The van der Waals surface area contributed by atoms with E-state index < -0.39 is 23.3 Å². The molecule has 1 spiro atoms. The number of aromatic nitrogens is 3. The number of hydrogen-bond acceptors (Lipinski definition) is 5. The van der Waals surface area contributed by atoms with E-state index in [1.165, 1.54) is 0 Å². The second kappa shape index (κ2) is 10.1. The van der Waals surface area contributed by atoms with Crippen LogP contribution >= 0.6 is 22.6 Å². The first-order chi connectivity index (χ1) is 17.6. The highest BCUT2D eigenvalue weighted by Crippen LogP contribution is 2.58. The van der Waals surface area contributed by atoms with Gasteiger partial charge in [0.25, 0.3) is 5.91 Å². The third kappa shape index (κ3) is 4.70.